The van der Waals surface area contributed by atoms with Crippen molar-refractivity contribution in [3.05, 3.63) is 0 Å². The molecule has 7 heteroatoms. The minimum absolute atomic E-state index is 0.00370. The van der Waals surface area contributed by atoms with Crippen molar-refractivity contribution in [2.45, 2.75) is 349 Å². The second kappa shape index (κ2) is 56.1. The molecule has 0 saturated heterocycles. The van der Waals surface area contributed by atoms with Crippen molar-refractivity contribution in [1.82, 2.24) is 10.2 Å². The Morgan fingerprint density at radius 3 is 0.972 bits per heavy atom. The lowest BCUT2D eigenvalue weighted by Crippen LogP contribution is -2.41. The topological polar surface area (TPSA) is 84.9 Å². The van der Waals surface area contributed by atoms with Crippen LogP contribution >= 0.6 is 0 Å². The monoisotopic (exact) mass is 1000 g/mol. The quantitative estimate of drug-likeness (QED) is 0.0483. The smallest absolute Gasteiger partial charge is 0.305 e. The molecule has 0 aliphatic heterocycles. The summed E-state index contributed by atoms with van der Waals surface area (Å²) in [5.74, 6) is 1.43. The van der Waals surface area contributed by atoms with E-state index in [0.29, 0.717) is 56.3 Å². The molecule has 0 spiro atoms. The van der Waals surface area contributed by atoms with E-state index in [2.05, 4.69) is 44.8 Å². The van der Waals surface area contributed by atoms with E-state index in [0.717, 1.165) is 96.6 Å². The highest BCUT2D eigenvalue weighted by molar-refractivity contribution is 5.76. The minimum atomic E-state index is 0.00370. The fourth-order valence-corrected chi connectivity index (χ4v) is 10.6. The highest BCUT2D eigenvalue weighted by Gasteiger charge is 2.23. The fraction of sp³-hybridized carbons (Fsp3) is 0.953. The van der Waals surface area contributed by atoms with Crippen LogP contribution in [0.15, 0.2) is 0 Å². The molecule has 422 valence electrons. The van der Waals surface area contributed by atoms with E-state index in [-0.39, 0.29) is 11.9 Å². The average molecular weight is 1000 g/mol. The van der Waals surface area contributed by atoms with Gasteiger partial charge in [0.05, 0.1) is 13.2 Å². The first kappa shape index (κ1) is 69.4. The standard InChI is InChI=1S/C64H126N2O5/c1-7-12-17-22-29-38-48-59(46-36-20-15-10-4)57-70-63(68)53-43-34-27-25-31-40-50-61(66(56-45-55-65-6)62(67)52-42-33-24-19-14-9-3)51-41-32-26-28-35-44-54-64(69)71-58-60(47-37-21-16-11-5)49-39-30-23-18-13-8-2/h59-61,65H,7-58H2,1-6H3. The summed E-state index contributed by atoms with van der Waals surface area (Å²) in [7, 11) is 2.01. The summed E-state index contributed by atoms with van der Waals surface area (Å²) in [6.07, 6.45) is 56.5. The Labute approximate surface area is 444 Å². The Bertz CT molecular complexity index is 1050. The maximum Gasteiger partial charge on any atom is 0.305 e. The number of carbonyl (C=O) groups excluding carboxylic acids is 3. The molecule has 1 N–H and O–H groups in total. The van der Waals surface area contributed by atoms with Gasteiger partial charge in [-0.2, -0.15) is 0 Å². The zero-order valence-corrected chi connectivity index (χ0v) is 49.0. The van der Waals surface area contributed by atoms with Gasteiger partial charge in [-0.3, -0.25) is 14.4 Å². The molecule has 1 amide bonds. The van der Waals surface area contributed by atoms with Crippen LogP contribution in [-0.4, -0.2) is 62.1 Å². The lowest BCUT2D eigenvalue weighted by molar-refractivity contribution is -0.146. The number of esters is 2. The van der Waals surface area contributed by atoms with E-state index in [1.165, 1.54) is 205 Å². The van der Waals surface area contributed by atoms with Gasteiger partial charge in [-0.25, -0.2) is 0 Å². The number of nitrogens with zero attached hydrogens (tertiary/aromatic N) is 1. The fourth-order valence-electron chi connectivity index (χ4n) is 10.6. The number of hydrogen-bond donors (Lipinski definition) is 1. The number of nitrogens with one attached hydrogen (secondary N) is 1. The summed E-state index contributed by atoms with van der Waals surface area (Å²) < 4.78 is 11.8. The van der Waals surface area contributed by atoms with Gasteiger partial charge in [-0.1, -0.05) is 259 Å². The molecule has 2 atom stereocenters. The number of rotatable bonds is 58. The van der Waals surface area contributed by atoms with Crippen LogP contribution in [0.2, 0.25) is 0 Å². The molecular weight excluding hydrogens is 877 g/mol. The number of amides is 1. The summed E-state index contributed by atoms with van der Waals surface area (Å²) in [6, 6.07) is 0.317. The largest absolute Gasteiger partial charge is 0.465 e. The third kappa shape index (κ3) is 47.8. The Kier molecular flexibility index (Phi) is 54.8. The van der Waals surface area contributed by atoms with Crippen molar-refractivity contribution in [3.8, 4) is 0 Å². The first-order chi connectivity index (χ1) is 34.9. The summed E-state index contributed by atoms with van der Waals surface area (Å²) in [5, 5.41) is 3.32. The van der Waals surface area contributed by atoms with Crippen molar-refractivity contribution >= 4 is 17.8 Å². The van der Waals surface area contributed by atoms with Gasteiger partial charge >= 0.3 is 11.9 Å². The van der Waals surface area contributed by atoms with Crippen LogP contribution in [0.4, 0.5) is 0 Å². The van der Waals surface area contributed by atoms with E-state index in [1.807, 2.05) is 7.05 Å². The third-order valence-corrected chi connectivity index (χ3v) is 15.5. The molecule has 0 radical (unpaired) electrons. The highest BCUT2D eigenvalue weighted by Crippen LogP contribution is 2.24. The summed E-state index contributed by atoms with van der Waals surface area (Å²) in [6.45, 7) is 14.4. The van der Waals surface area contributed by atoms with E-state index in [9.17, 15) is 14.4 Å². The van der Waals surface area contributed by atoms with Crippen molar-refractivity contribution < 1.29 is 23.9 Å². The molecule has 2 unspecified atom stereocenters. The van der Waals surface area contributed by atoms with E-state index < -0.39 is 0 Å². The maximum absolute atomic E-state index is 13.9. The van der Waals surface area contributed by atoms with Gasteiger partial charge < -0.3 is 19.7 Å². The SMILES string of the molecule is CCCCCCCCC(=O)N(CCCNC)C(CCCCCCCCC(=O)OCC(CCCCCC)CCCCCCCC)CCCCCCCCC(=O)OCC(CCCCCC)CCCCCCCC. The predicted molar refractivity (Wildman–Crippen MR) is 308 cm³/mol. The zero-order chi connectivity index (χ0) is 51.9. The van der Waals surface area contributed by atoms with Gasteiger partial charge in [0.2, 0.25) is 5.91 Å². The van der Waals surface area contributed by atoms with Gasteiger partial charge in [0.15, 0.2) is 0 Å². The molecule has 0 heterocycles. The maximum atomic E-state index is 13.9. The van der Waals surface area contributed by atoms with Crippen molar-refractivity contribution in [1.29, 1.82) is 0 Å². The van der Waals surface area contributed by atoms with Crippen LogP contribution in [0.1, 0.15) is 343 Å². The molecule has 71 heavy (non-hydrogen) atoms. The summed E-state index contributed by atoms with van der Waals surface area (Å²) >= 11 is 0. The Morgan fingerprint density at radius 1 is 0.352 bits per heavy atom. The van der Waals surface area contributed by atoms with Crippen molar-refractivity contribution in [3.63, 3.8) is 0 Å². The molecular formula is C64H126N2O5. The Hall–Kier alpha value is -1.63. The molecule has 0 saturated carbocycles. The molecule has 0 aromatic rings. The van der Waals surface area contributed by atoms with Crippen LogP contribution in [0, 0.1) is 11.8 Å². The van der Waals surface area contributed by atoms with Gasteiger partial charge in [-0.15, -0.1) is 0 Å². The lowest BCUT2D eigenvalue weighted by Gasteiger charge is -2.33. The normalized spacial score (nSPS) is 12.8. The molecule has 0 rings (SSSR count). The third-order valence-electron chi connectivity index (χ3n) is 15.5. The first-order valence-electron chi connectivity index (χ1n) is 32.1. The number of ether oxygens (including phenoxy) is 2. The van der Waals surface area contributed by atoms with Crippen LogP contribution in [0.3, 0.4) is 0 Å². The zero-order valence-electron chi connectivity index (χ0n) is 49.0. The van der Waals surface area contributed by atoms with Crippen molar-refractivity contribution in [2.24, 2.45) is 11.8 Å². The van der Waals surface area contributed by atoms with Gasteiger partial charge in [0.25, 0.3) is 0 Å². The Morgan fingerprint density at radius 2 is 0.634 bits per heavy atom. The van der Waals surface area contributed by atoms with E-state index >= 15 is 0 Å². The predicted octanol–water partition coefficient (Wildman–Crippen LogP) is 19.5. The molecule has 0 aliphatic carbocycles. The van der Waals surface area contributed by atoms with E-state index in [4.69, 9.17) is 9.47 Å². The number of carbonyl (C=O) groups is 3. The number of hydrogen-bond acceptors (Lipinski definition) is 6. The molecule has 0 aliphatic rings. The molecule has 0 aromatic carbocycles. The van der Waals surface area contributed by atoms with Crippen LogP contribution in [0.5, 0.6) is 0 Å². The van der Waals surface area contributed by atoms with Crippen LogP contribution in [-0.2, 0) is 23.9 Å². The van der Waals surface area contributed by atoms with Gasteiger partial charge in [-0.05, 0) is 89.6 Å². The summed E-state index contributed by atoms with van der Waals surface area (Å²) in [5.41, 5.74) is 0. The van der Waals surface area contributed by atoms with Crippen LogP contribution in [0.25, 0.3) is 0 Å². The lowest BCUT2D eigenvalue weighted by atomic mass is 9.95. The first-order valence-corrected chi connectivity index (χ1v) is 32.1. The number of unbranched alkanes of at least 4 members (excludes halogenated alkanes) is 31. The molecule has 0 fully saturated rings. The second-order valence-corrected chi connectivity index (χ2v) is 22.4. The minimum Gasteiger partial charge on any atom is -0.465 e. The molecule has 0 bridgehead atoms. The van der Waals surface area contributed by atoms with Crippen LogP contribution < -0.4 is 5.32 Å². The Balaban J connectivity index is 4.95. The average Bonchev–Trinajstić information content (AvgIpc) is 3.37. The molecule has 7 nitrogen and oxygen atoms in total. The summed E-state index contributed by atoms with van der Waals surface area (Å²) in [4.78, 5) is 41.8. The second-order valence-electron chi connectivity index (χ2n) is 22.4. The van der Waals surface area contributed by atoms with Gasteiger partial charge in [0, 0.05) is 31.8 Å². The van der Waals surface area contributed by atoms with Gasteiger partial charge in [0.1, 0.15) is 0 Å². The highest BCUT2D eigenvalue weighted by atomic mass is 16.5. The van der Waals surface area contributed by atoms with Crippen molar-refractivity contribution in [2.75, 3.05) is 33.4 Å². The molecule has 0 aromatic heterocycles. The van der Waals surface area contributed by atoms with E-state index in [1.54, 1.807) is 0 Å².